The predicted molar refractivity (Wildman–Crippen MR) is 84.8 cm³/mol. The summed E-state index contributed by atoms with van der Waals surface area (Å²) in [7, 11) is 1.69. The van der Waals surface area contributed by atoms with Gasteiger partial charge in [0.15, 0.2) is 5.58 Å². The summed E-state index contributed by atoms with van der Waals surface area (Å²) < 4.78 is 6.61. The number of rotatable bonds is 3. The van der Waals surface area contributed by atoms with Crippen molar-refractivity contribution in [2.45, 2.75) is 32.6 Å². The smallest absolute Gasteiger partial charge is 0.408 e. The molecule has 1 aromatic carbocycles. The molecule has 0 unspecified atom stereocenters. The number of carbonyl (C=O) groups excluding carboxylic acids is 1. The summed E-state index contributed by atoms with van der Waals surface area (Å²) >= 11 is 0. The van der Waals surface area contributed by atoms with Gasteiger partial charge >= 0.3 is 5.76 Å². The van der Waals surface area contributed by atoms with Crippen LogP contribution in [0.5, 0.6) is 0 Å². The van der Waals surface area contributed by atoms with Crippen LogP contribution in [-0.2, 0) is 18.3 Å². The molecule has 1 fully saturated rings. The minimum absolute atomic E-state index is 0.230. The molecular formula is C17H22N2O3. The van der Waals surface area contributed by atoms with Crippen molar-refractivity contribution in [3.8, 4) is 0 Å². The molecule has 1 saturated heterocycles. The number of aromatic nitrogens is 1. The Morgan fingerprint density at radius 2 is 2.05 bits per heavy atom. The van der Waals surface area contributed by atoms with Crippen LogP contribution in [0, 0.1) is 5.92 Å². The zero-order valence-corrected chi connectivity index (χ0v) is 13.2. The van der Waals surface area contributed by atoms with Gasteiger partial charge in [-0.1, -0.05) is 13.0 Å². The Morgan fingerprint density at radius 1 is 1.32 bits per heavy atom. The standard InChI is InChI=1S/C17H22N2O3/c1-12-7-9-19(10-8-12)16(20)6-4-13-3-5-15-14(11-13)18(2)17(21)22-15/h3,5,11-12H,4,6-10H2,1-2H3. The van der Waals surface area contributed by atoms with Gasteiger partial charge in [-0.25, -0.2) is 4.79 Å². The molecule has 1 aliphatic heterocycles. The first kappa shape index (κ1) is 14.9. The van der Waals surface area contributed by atoms with E-state index in [0.717, 1.165) is 42.9 Å². The second-order valence-corrected chi connectivity index (χ2v) is 6.29. The van der Waals surface area contributed by atoms with Gasteiger partial charge in [-0.3, -0.25) is 9.36 Å². The van der Waals surface area contributed by atoms with Gasteiger partial charge in [0.25, 0.3) is 0 Å². The Labute approximate surface area is 129 Å². The quantitative estimate of drug-likeness (QED) is 0.874. The van der Waals surface area contributed by atoms with Crippen molar-refractivity contribution in [3.05, 3.63) is 34.3 Å². The molecule has 22 heavy (non-hydrogen) atoms. The van der Waals surface area contributed by atoms with Crippen LogP contribution in [0.4, 0.5) is 0 Å². The van der Waals surface area contributed by atoms with Crippen LogP contribution in [-0.4, -0.2) is 28.5 Å². The van der Waals surface area contributed by atoms with Crippen molar-refractivity contribution in [1.29, 1.82) is 0 Å². The van der Waals surface area contributed by atoms with E-state index in [-0.39, 0.29) is 11.7 Å². The van der Waals surface area contributed by atoms with Gasteiger partial charge in [-0.05, 0) is 42.9 Å². The molecule has 0 radical (unpaired) electrons. The third-order valence-corrected chi connectivity index (χ3v) is 4.62. The average Bonchev–Trinajstić information content (AvgIpc) is 2.80. The summed E-state index contributed by atoms with van der Waals surface area (Å²) in [4.78, 5) is 25.7. The van der Waals surface area contributed by atoms with Crippen LogP contribution in [0.1, 0.15) is 31.7 Å². The lowest BCUT2D eigenvalue weighted by molar-refractivity contribution is -0.132. The number of likely N-dealkylation sites (tertiary alicyclic amines) is 1. The minimum atomic E-state index is -0.356. The fraction of sp³-hybridized carbons (Fsp3) is 0.529. The van der Waals surface area contributed by atoms with E-state index in [0.29, 0.717) is 18.4 Å². The molecule has 2 heterocycles. The Hall–Kier alpha value is -2.04. The molecule has 5 nitrogen and oxygen atoms in total. The maximum Gasteiger partial charge on any atom is 0.419 e. The lowest BCUT2D eigenvalue weighted by Gasteiger charge is -2.30. The Bertz CT molecular complexity index is 736. The third-order valence-electron chi connectivity index (χ3n) is 4.62. The van der Waals surface area contributed by atoms with Crippen LogP contribution in [0.3, 0.4) is 0 Å². The van der Waals surface area contributed by atoms with Gasteiger partial charge in [-0.15, -0.1) is 0 Å². The average molecular weight is 302 g/mol. The Morgan fingerprint density at radius 3 is 2.77 bits per heavy atom. The van der Waals surface area contributed by atoms with E-state index in [1.807, 2.05) is 17.0 Å². The molecule has 0 aliphatic carbocycles. The predicted octanol–water partition coefficient (Wildman–Crippen LogP) is 2.32. The van der Waals surface area contributed by atoms with Crippen molar-refractivity contribution in [1.82, 2.24) is 9.47 Å². The van der Waals surface area contributed by atoms with Gasteiger partial charge in [-0.2, -0.15) is 0 Å². The van der Waals surface area contributed by atoms with E-state index in [4.69, 9.17) is 4.42 Å². The highest BCUT2D eigenvalue weighted by Crippen LogP contribution is 2.18. The minimum Gasteiger partial charge on any atom is -0.408 e. The largest absolute Gasteiger partial charge is 0.419 e. The van der Waals surface area contributed by atoms with E-state index in [9.17, 15) is 9.59 Å². The normalized spacial score (nSPS) is 16.4. The molecule has 3 rings (SSSR count). The molecule has 0 spiro atoms. The highest BCUT2D eigenvalue weighted by molar-refractivity contribution is 5.77. The molecule has 1 aliphatic rings. The number of fused-ring (bicyclic) bond motifs is 1. The zero-order valence-electron chi connectivity index (χ0n) is 13.2. The van der Waals surface area contributed by atoms with E-state index in [1.165, 1.54) is 4.57 Å². The van der Waals surface area contributed by atoms with Crippen LogP contribution >= 0.6 is 0 Å². The van der Waals surface area contributed by atoms with Crippen molar-refractivity contribution >= 4 is 17.0 Å². The number of aryl methyl sites for hydroxylation is 2. The summed E-state index contributed by atoms with van der Waals surface area (Å²) in [5.41, 5.74) is 2.43. The van der Waals surface area contributed by atoms with Gasteiger partial charge in [0.2, 0.25) is 5.91 Å². The van der Waals surface area contributed by atoms with Crippen molar-refractivity contribution in [3.63, 3.8) is 0 Å². The number of hydrogen-bond donors (Lipinski definition) is 0. The number of piperidine rings is 1. The molecule has 5 heteroatoms. The second kappa shape index (κ2) is 5.99. The second-order valence-electron chi connectivity index (χ2n) is 6.29. The molecule has 118 valence electrons. The van der Waals surface area contributed by atoms with Crippen LogP contribution in [0.2, 0.25) is 0 Å². The molecule has 0 bridgehead atoms. The first-order chi connectivity index (χ1) is 10.5. The summed E-state index contributed by atoms with van der Waals surface area (Å²) in [6, 6.07) is 5.67. The summed E-state index contributed by atoms with van der Waals surface area (Å²) in [6.45, 7) is 4.01. The lowest BCUT2D eigenvalue weighted by atomic mass is 9.98. The van der Waals surface area contributed by atoms with Gasteiger partial charge in [0, 0.05) is 26.6 Å². The van der Waals surface area contributed by atoms with Gasteiger partial charge < -0.3 is 9.32 Å². The van der Waals surface area contributed by atoms with E-state index >= 15 is 0 Å². The molecular weight excluding hydrogens is 280 g/mol. The molecule has 1 aromatic heterocycles. The summed E-state index contributed by atoms with van der Waals surface area (Å²) in [5, 5.41) is 0. The lowest BCUT2D eigenvalue weighted by Crippen LogP contribution is -2.37. The zero-order chi connectivity index (χ0) is 15.7. The molecule has 1 amide bonds. The first-order valence-electron chi connectivity index (χ1n) is 7.91. The SMILES string of the molecule is CC1CCN(C(=O)CCc2ccc3oc(=O)n(C)c3c2)CC1. The van der Waals surface area contributed by atoms with Crippen LogP contribution < -0.4 is 5.76 Å². The van der Waals surface area contributed by atoms with Crippen molar-refractivity contribution in [2.75, 3.05) is 13.1 Å². The highest BCUT2D eigenvalue weighted by atomic mass is 16.4. The highest BCUT2D eigenvalue weighted by Gasteiger charge is 2.19. The third kappa shape index (κ3) is 2.93. The summed E-state index contributed by atoms with van der Waals surface area (Å²) in [6.07, 6.45) is 3.43. The van der Waals surface area contributed by atoms with Crippen molar-refractivity contribution in [2.24, 2.45) is 13.0 Å². The fourth-order valence-corrected chi connectivity index (χ4v) is 3.00. The van der Waals surface area contributed by atoms with Crippen LogP contribution in [0.25, 0.3) is 11.1 Å². The first-order valence-corrected chi connectivity index (χ1v) is 7.91. The number of carbonyl (C=O) groups is 1. The number of hydrogen-bond acceptors (Lipinski definition) is 3. The number of benzene rings is 1. The number of nitrogens with zero attached hydrogens (tertiary/aromatic N) is 2. The van der Waals surface area contributed by atoms with Crippen molar-refractivity contribution < 1.29 is 9.21 Å². The number of oxazole rings is 1. The monoisotopic (exact) mass is 302 g/mol. The molecule has 2 aromatic rings. The topological polar surface area (TPSA) is 55.5 Å². The van der Waals surface area contributed by atoms with Gasteiger partial charge in [0.05, 0.1) is 5.52 Å². The van der Waals surface area contributed by atoms with Gasteiger partial charge in [0.1, 0.15) is 0 Å². The Balaban J connectivity index is 1.65. The van der Waals surface area contributed by atoms with E-state index in [1.54, 1.807) is 13.1 Å². The molecule has 0 atom stereocenters. The van der Waals surface area contributed by atoms with Crippen LogP contribution in [0.15, 0.2) is 27.4 Å². The molecule has 0 N–H and O–H groups in total. The Kier molecular flexibility index (Phi) is 4.05. The maximum atomic E-state index is 12.3. The fourth-order valence-electron chi connectivity index (χ4n) is 3.00. The number of amides is 1. The summed E-state index contributed by atoms with van der Waals surface area (Å²) in [5.74, 6) is 0.604. The van der Waals surface area contributed by atoms with E-state index < -0.39 is 0 Å². The van der Waals surface area contributed by atoms with E-state index in [2.05, 4.69) is 6.92 Å². The molecule has 0 saturated carbocycles. The maximum absolute atomic E-state index is 12.3.